The first-order valence-electron chi connectivity index (χ1n) is 8.03. The number of aliphatic carboxylic acids is 4. The molecule has 32 heavy (non-hydrogen) atoms. The summed E-state index contributed by atoms with van der Waals surface area (Å²) in [5.41, 5.74) is 0. The molecule has 0 amide bonds. The molecule has 0 aliphatic carbocycles. The van der Waals surface area contributed by atoms with Crippen LogP contribution in [0.4, 0.5) is 0 Å². The van der Waals surface area contributed by atoms with E-state index in [0.29, 0.717) is 0 Å². The van der Waals surface area contributed by atoms with Crippen LogP contribution in [0.1, 0.15) is 39.3 Å². The van der Waals surface area contributed by atoms with Gasteiger partial charge in [0.1, 0.15) is 11.6 Å². The zero-order valence-corrected chi connectivity index (χ0v) is 22.3. The molecule has 0 unspecified atom stereocenters. The van der Waals surface area contributed by atoms with Gasteiger partial charge < -0.3 is 48.7 Å². The summed E-state index contributed by atoms with van der Waals surface area (Å²) in [6.45, 7) is 3.89. The summed E-state index contributed by atoms with van der Waals surface area (Å²) in [5.74, 6) is -2.49. The molecule has 2 heterocycles. The smallest absolute Gasteiger partial charge is 0.550 e. The Kier molecular flexibility index (Phi) is 30.7. The Morgan fingerprint density at radius 1 is 0.656 bits per heavy atom. The molecule has 0 fully saturated rings. The molecule has 12 nitrogen and oxygen atoms in total. The fourth-order valence-electron chi connectivity index (χ4n) is 1.22. The van der Waals surface area contributed by atoms with Crippen molar-refractivity contribution in [2.45, 2.75) is 27.7 Å². The molecule has 0 saturated carbocycles. The van der Waals surface area contributed by atoms with E-state index in [4.69, 9.17) is 39.6 Å². The average molecular weight is 616 g/mol. The normalized spacial score (nSPS) is 8.06. The van der Waals surface area contributed by atoms with E-state index in [1.165, 1.54) is 0 Å². The van der Waals surface area contributed by atoms with Crippen molar-refractivity contribution in [2.24, 2.45) is 14.1 Å². The molecule has 0 bridgehead atoms. The minimum Gasteiger partial charge on any atom is -0.550 e. The second-order valence-corrected chi connectivity index (χ2v) is 5.09. The van der Waals surface area contributed by atoms with Crippen molar-refractivity contribution in [3.8, 4) is 0 Å². The first-order chi connectivity index (χ1) is 13.7. The van der Waals surface area contributed by atoms with Gasteiger partial charge in [-0.25, -0.2) is 9.97 Å². The Labute approximate surface area is 214 Å². The summed E-state index contributed by atoms with van der Waals surface area (Å²) in [5, 5.41) is 35.6. The second-order valence-electron chi connectivity index (χ2n) is 5.09. The van der Waals surface area contributed by atoms with Gasteiger partial charge in [-0.15, -0.1) is 0 Å². The van der Waals surface area contributed by atoms with E-state index in [0.717, 1.165) is 39.3 Å². The monoisotopic (exact) mass is 620 g/mol. The molecule has 0 aliphatic heterocycles. The molecule has 0 N–H and O–H groups in total. The zero-order valence-electron chi connectivity index (χ0n) is 18.3. The maximum Gasteiger partial charge on any atom is 2.00 e. The second kappa shape index (κ2) is 24.7. The number of nitrogens with zero attached hydrogens (tertiary/aromatic N) is 4. The van der Waals surface area contributed by atoms with Crippen molar-refractivity contribution < 1.29 is 81.7 Å². The molecule has 176 valence electrons. The quantitative estimate of drug-likeness (QED) is 0.304. The molecule has 0 aliphatic rings. The molecule has 2 aromatic rings. The van der Waals surface area contributed by atoms with E-state index >= 15 is 0 Å². The number of carbonyl (C=O) groups excluding carboxylic acids is 4. The molecule has 14 heteroatoms. The fourth-order valence-corrected chi connectivity index (χ4v) is 1.22. The molecular weight excluding hydrogens is 592 g/mol. The molecule has 0 saturated heterocycles. The standard InChI is InChI=1S/C10H12N4.4C2H4O2.2Mo/c1-13-7-5-11-9(13)3-4-10-12-6-8-14(10)2;4*1-2(3)4;;/h3-8H,1-2H3;4*1H3,(H,3,4);;/q;;;;;2*+2/p-4/b4-3+;;;;;;. The summed E-state index contributed by atoms with van der Waals surface area (Å²) >= 11 is 0. The van der Waals surface area contributed by atoms with Gasteiger partial charge in [0.25, 0.3) is 0 Å². The first-order valence-corrected chi connectivity index (χ1v) is 8.03. The minimum atomic E-state index is -1.08. The average Bonchev–Trinajstić information content (AvgIpc) is 3.11. The van der Waals surface area contributed by atoms with Gasteiger partial charge in [0.2, 0.25) is 0 Å². The summed E-state index contributed by atoms with van der Waals surface area (Å²) in [4.78, 5) is 43.9. The number of carboxylic acid groups (broad SMARTS) is 4. The molecule has 0 aromatic carbocycles. The van der Waals surface area contributed by atoms with Crippen LogP contribution in [0.15, 0.2) is 24.8 Å². The van der Waals surface area contributed by atoms with E-state index in [2.05, 4.69) is 9.97 Å². The number of hydrogen-bond donors (Lipinski definition) is 0. The molecule has 0 atom stereocenters. The van der Waals surface area contributed by atoms with Gasteiger partial charge in [0.15, 0.2) is 0 Å². The third-order valence-corrected chi connectivity index (χ3v) is 2.10. The Balaban J connectivity index is -0.000000114. The molecule has 0 spiro atoms. The number of imidazole rings is 2. The summed E-state index contributed by atoms with van der Waals surface area (Å²) in [7, 11) is 3.93. The van der Waals surface area contributed by atoms with E-state index < -0.39 is 23.9 Å². The van der Waals surface area contributed by atoms with Crippen LogP contribution >= 0.6 is 0 Å². The predicted octanol–water partition coefficient (Wildman–Crippen LogP) is -3.66. The maximum atomic E-state index is 8.89. The van der Waals surface area contributed by atoms with Gasteiger partial charge in [-0.3, -0.25) is 0 Å². The summed E-state index contributed by atoms with van der Waals surface area (Å²) < 4.78 is 3.92. The number of aryl methyl sites for hydroxylation is 2. The minimum absolute atomic E-state index is 0. The third kappa shape index (κ3) is 38.1. The van der Waals surface area contributed by atoms with Crippen molar-refractivity contribution in [1.29, 1.82) is 0 Å². The topological polar surface area (TPSA) is 196 Å². The number of aromatic nitrogens is 4. The van der Waals surface area contributed by atoms with Crippen LogP contribution in [0.25, 0.3) is 12.2 Å². The molecule has 0 radical (unpaired) electrons. The number of carboxylic acids is 4. The first kappa shape index (κ1) is 39.8. The van der Waals surface area contributed by atoms with Crippen LogP contribution in [0, 0.1) is 0 Å². The van der Waals surface area contributed by atoms with E-state index in [9.17, 15) is 0 Å². The van der Waals surface area contributed by atoms with E-state index in [1.807, 2.05) is 47.8 Å². The molecular formula is C18H24Mo2N4O8. The number of hydrogen-bond acceptors (Lipinski definition) is 10. The van der Waals surface area contributed by atoms with Crippen LogP contribution < -0.4 is 20.4 Å². The van der Waals surface area contributed by atoms with E-state index in [-0.39, 0.29) is 42.1 Å². The van der Waals surface area contributed by atoms with Crippen molar-refractivity contribution in [3.05, 3.63) is 36.4 Å². The Bertz CT molecular complexity index is 713. The van der Waals surface area contributed by atoms with Crippen LogP contribution in [0.5, 0.6) is 0 Å². The fraction of sp³-hybridized carbons (Fsp3) is 0.333. The maximum absolute atomic E-state index is 8.89. The predicted molar refractivity (Wildman–Crippen MR) is 98.1 cm³/mol. The van der Waals surface area contributed by atoms with Crippen LogP contribution in [-0.2, 0) is 75.4 Å². The zero-order chi connectivity index (χ0) is 24.3. The van der Waals surface area contributed by atoms with Crippen molar-refractivity contribution in [3.63, 3.8) is 0 Å². The Morgan fingerprint density at radius 2 is 0.844 bits per heavy atom. The van der Waals surface area contributed by atoms with Crippen LogP contribution in [-0.4, -0.2) is 43.0 Å². The van der Waals surface area contributed by atoms with Crippen LogP contribution in [0.3, 0.4) is 0 Å². The Hall–Kier alpha value is -2.58. The third-order valence-electron chi connectivity index (χ3n) is 2.10. The van der Waals surface area contributed by atoms with Gasteiger partial charge in [-0.2, -0.15) is 0 Å². The number of carbonyl (C=O) groups is 4. The van der Waals surface area contributed by atoms with Crippen molar-refractivity contribution in [1.82, 2.24) is 19.1 Å². The molecule has 2 aromatic heterocycles. The largest absolute Gasteiger partial charge is 2.00 e. The van der Waals surface area contributed by atoms with Gasteiger partial charge in [-0.05, 0) is 39.8 Å². The van der Waals surface area contributed by atoms with Gasteiger partial charge >= 0.3 is 42.1 Å². The van der Waals surface area contributed by atoms with Crippen molar-refractivity contribution >= 4 is 36.0 Å². The summed E-state index contributed by atoms with van der Waals surface area (Å²) in [6, 6.07) is 0. The van der Waals surface area contributed by atoms with Gasteiger partial charge in [0, 0.05) is 62.8 Å². The van der Waals surface area contributed by atoms with E-state index in [1.54, 1.807) is 12.4 Å². The van der Waals surface area contributed by atoms with Crippen molar-refractivity contribution in [2.75, 3.05) is 0 Å². The van der Waals surface area contributed by atoms with Gasteiger partial charge in [0.05, 0.1) is 0 Å². The summed E-state index contributed by atoms with van der Waals surface area (Å²) in [6.07, 6.45) is 11.3. The number of rotatable bonds is 2. The van der Waals surface area contributed by atoms with Crippen LogP contribution in [0.2, 0.25) is 0 Å². The van der Waals surface area contributed by atoms with Gasteiger partial charge in [-0.1, -0.05) is 0 Å². The Morgan fingerprint density at radius 3 is 0.969 bits per heavy atom. The molecule has 2 rings (SSSR count). The SMILES string of the molecule is CC(=O)[O-].CC(=O)[O-].CC(=O)[O-].CC(=O)[O-].Cn1ccnc1/C=C/c1nccn1C.[Mo+2].[Mo+2].